The number of benzene rings is 1. The van der Waals surface area contributed by atoms with E-state index in [0.717, 1.165) is 30.9 Å². The van der Waals surface area contributed by atoms with Crippen LogP contribution in [0.5, 0.6) is 0 Å². The molecule has 20 heavy (non-hydrogen) atoms. The Morgan fingerprint density at radius 3 is 2.85 bits per heavy atom. The standard InChI is InChI=1S/C17H21NO2/c19-10-16-13-4-2-1-3-11(13)7-8-18(16)17(20)15-9-14(15)12-5-6-12/h1-4,12,14-16,19H,5-10H2/t14-,15-,16+/m1/s1. The van der Waals surface area contributed by atoms with E-state index in [2.05, 4.69) is 12.1 Å². The first-order valence-electron chi connectivity index (χ1n) is 7.78. The first-order valence-corrected chi connectivity index (χ1v) is 7.78. The lowest BCUT2D eigenvalue weighted by molar-refractivity contribution is -0.137. The van der Waals surface area contributed by atoms with Gasteiger partial charge in [0.05, 0.1) is 12.6 Å². The molecule has 3 aliphatic rings. The summed E-state index contributed by atoms with van der Waals surface area (Å²) in [5.74, 6) is 2.02. The Morgan fingerprint density at radius 2 is 2.10 bits per heavy atom. The van der Waals surface area contributed by atoms with E-state index in [1.165, 1.54) is 18.4 Å². The lowest BCUT2D eigenvalue weighted by Crippen LogP contribution is -2.42. The van der Waals surface area contributed by atoms with Crippen molar-refractivity contribution in [2.24, 2.45) is 17.8 Å². The maximum atomic E-state index is 12.7. The molecule has 1 amide bonds. The van der Waals surface area contributed by atoms with E-state index in [1.54, 1.807) is 0 Å². The molecule has 0 spiro atoms. The predicted octanol–water partition coefficient (Wildman–Crippen LogP) is 2.15. The fraction of sp³-hybridized carbons (Fsp3) is 0.588. The van der Waals surface area contributed by atoms with Gasteiger partial charge in [0, 0.05) is 12.5 Å². The quantitative estimate of drug-likeness (QED) is 0.915. The van der Waals surface area contributed by atoms with Crippen molar-refractivity contribution < 1.29 is 9.90 Å². The molecule has 3 atom stereocenters. The van der Waals surface area contributed by atoms with Crippen LogP contribution in [0.1, 0.15) is 36.4 Å². The maximum absolute atomic E-state index is 12.7. The molecule has 1 aromatic rings. The number of carbonyl (C=O) groups is 1. The van der Waals surface area contributed by atoms with Crippen LogP contribution in [0.3, 0.4) is 0 Å². The molecule has 3 heteroatoms. The van der Waals surface area contributed by atoms with Crippen molar-refractivity contribution in [3.63, 3.8) is 0 Å². The van der Waals surface area contributed by atoms with Crippen LogP contribution in [0.2, 0.25) is 0 Å². The van der Waals surface area contributed by atoms with E-state index in [0.29, 0.717) is 5.92 Å². The summed E-state index contributed by atoms with van der Waals surface area (Å²) in [4.78, 5) is 14.6. The minimum Gasteiger partial charge on any atom is -0.394 e. The molecule has 2 saturated carbocycles. The summed E-state index contributed by atoms with van der Waals surface area (Å²) in [7, 11) is 0. The third-order valence-electron chi connectivity index (χ3n) is 5.25. The smallest absolute Gasteiger partial charge is 0.226 e. The third-order valence-corrected chi connectivity index (χ3v) is 5.25. The van der Waals surface area contributed by atoms with Gasteiger partial charge in [0.2, 0.25) is 5.91 Å². The van der Waals surface area contributed by atoms with Crippen molar-refractivity contribution in [3.05, 3.63) is 35.4 Å². The second-order valence-corrected chi connectivity index (χ2v) is 6.52. The van der Waals surface area contributed by atoms with Crippen molar-refractivity contribution in [1.29, 1.82) is 0 Å². The molecule has 4 rings (SSSR count). The van der Waals surface area contributed by atoms with E-state index in [4.69, 9.17) is 0 Å². The topological polar surface area (TPSA) is 40.5 Å². The van der Waals surface area contributed by atoms with E-state index >= 15 is 0 Å². The SMILES string of the molecule is O=C([C@@H]1C[C@@H]1C1CC1)N1CCc2ccccc2[C@@H]1CO. The molecule has 1 heterocycles. The Hall–Kier alpha value is -1.35. The highest BCUT2D eigenvalue weighted by Gasteiger charge is 2.53. The number of carbonyl (C=O) groups excluding carboxylic acids is 1. The zero-order valence-corrected chi connectivity index (χ0v) is 11.7. The van der Waals surface area contributed by atoms with Crippen LogP contribution in [0.15, 0.2) is 24.3 Å². The van der Waals surface area contributed by atoms with Crippen molar-refractivity contribution in [3.8, 4) is 0 Å². The highest BCUT2D eigenvalue weighted by atomic mass is 16.3. The van der Waals surface area contributed by atoms with Gasteiger partial charge in [-0.2, -0.15) is 0 Å². The molecule has 0 radical (unpaired) electrons. The second-order valence-electron chi connectivity index (χ2n) is 6.52. The first-order chi connectivity index (χ1) is 9.79. The molecule has 2 fully saturated rings. The van der Waals surface area contributed by atoms with Crippen molar-refractivity contribution >= 4 is 5.91 Å². The number of nitrogens with zero attached hydrogens (tertiary/aromatic N) is 1. The zero-order valence-electron chi connectivity index (χ0n) is 11.7. The summed E-state index contributed by atoms with van der Waals surface area (Å²) >= 11 is 0. The van der Waals surface area contributed by atoms with E-state index in [9.17, 15) is 9.90 Å². The van der Waals surface area contributed by atoms with Crippen molar-refractivity contribution in [2.75, 3.05) is 13.2 Å². The normalized spacial score (nSPS) is 31.9. The number of hydrogen-bond acceptors (Lipinski definition) is 2. The Labute approximate surface area is 119 Å². The van der Waals surface area contributed by atoms with Gasteiger partial charge in [-0.3, -0.25) is 4.79 Å². The molecule has 0 aromatic heterocycles. The average molecular weight is 271 g/mol. The number of aliphatic hydroxyl groups excluding tert-OH is 1. The van der Waals surface area contributed by atoms with E-state index in [1.807, 2.05) is 17.0 Å². The minimum absolute atomic E-state index is 0.0313. The fourth-order valence-corrected chi connectivity index (χ4v) is 3.87. The van der Waals surface area contributed by atoms with Crippen molar-refractivity contribution in [1.82, 2.24) is 4.90 Å². The molecular formula is C17H21NO2. The molecule has 0 unspecified atom stereocenters. The van der Waals surface area contributed by atoms with E-state index in [-0.39, 0.29) is 24.5 Å². The first kappa shape index (κ1) is 12.4. The van der Waals surface area contributed by atoms with Crippen LogP contribution in [0, 0.1) is 17.8 Å². The van der Waals surface area contributed by atoms with Gasteiger partial charge < -0.3 is 10.0 Å². The van der Waals surface area contributed by atoms with Gasteiger partial charge in [-0.05, 0) is 48.6 Å². The lowest BCUT2D eigenvalue weighted by Gasteiger charge is -2.36. The Balaban J connectivity index is 1.55. The Bertz CT molecular complexity index is 538. The highest BCUT2D eigenvalue weighted by molar-refractivity contribution is 5.82. The van der Waals surface area contributed by atoms with Crippen LogP contribution in [-0.4, -0.2) is 29.1 Å². The van der Waals surface area contributed by atoms with Crippen LogP contribution in [-0.2, 0) is 11.2 Å². The molecule has 1 aromatic carbocycles. The van der Waals surface area contributed by atoms with Gasteiger partial charge >= 0.3 is 0 Å². The summed E-state index contributed by atoms with van der Waals surface area (Å²) in [5.41, 5.74) is 2.42. The molecule has 1 N–H and O–H groups in total. The van der Waals surface area contributed by atoms with Gasteiger partial charge in [0.25, 0.3) is 0 Å². The Kier molecular flexibility index (Phi) is 2.84. The highest BCUT2D eigenvalue weighted by Crippen LogP contribution is 2.55. The van der Waals surface area contributed by atoms with Crippen molar-refractivity contribution in [2.45, 2.75) is 31.7 Å². The summed E-state index contributed by atoms with van der Waals surface area (Å²) in [5, 5.41) is 9.75. The largest absolute Gasteiger partial charge is 0.394 e. The number of fused-ring (bicyclic) bond motifs is 1. The van der Waals surface area contributed by atoms with Gasteiger partial charge in [-0.1, -0.05) is 24.3 Å². The predicted molar refractivity (Wildman–Crippen MR) is 76.0 cm³/mol. The molecular weight excluding hydrogens is 250 g/mol. The van der Waals surface area contributed by atoms with Crippen LogP contribution in [0.4, 0.5) is 0 Å². The maximum Gasteiger partial charge on any atom is 0.226 e. The number of rotatable bonds is 3. The van der Waals surface area contributed by atoms with Crippen LogP contribution in [0.25, 0.3) is 0 Å². The fourth-order valence-electron chi connectivity index (χ4n) is 3.87. The molecule has 106 valence electrons. The number of hydrogen-bond donors (Lipinski definition) is 1. The van der Waals surface area contributed by atoms with Crippen LogP contribution >= 0.6 is 0 Å². The number of amides is 1. The van der Waals surface area contributed by atoms with E-state index < -0.39 is 0 Å². The molecule has 2 aliphatic carbocycles. The number of aliphatic hydroxyl groups is 1. The molecule has 3 nitrogen and oxygen atoms in total. The molecule has 1 aliphatic heterocycles. The van der Waals surface area contributed by atoms with Gasteiger partial charge in [-0.15, -0.1) is 0 Å². The average Bonchev–Trinajstić information content (AvgIpc) is 3.37. The minimum atomic E-state index is -0.132. The summed E-state index contributed by atoms with van der Waals surface area (Å²) in [6.45, 7) is 0.790. The summed E-state index contributed by atoms with van der Waals surface area (Å²) in [6.07, 6.45) is 4.64. The van der Waals surface area contributed by atoms with Gasteiger partial charge in [-0.25, -0.2) is 0 Å². The summed E-state index contributed by atoms with van der Waals surface area (Å²) < 4.78 is 0. The second kappa shape index (κ2) is 4.59. The Morgan fingerprint density at radius 1 is 1.30 bits per heavy atom. The van der Waals surface area contributed by atoms with Gasteiger partial charge in [0.15, 0.2) is 0 Å². The zero-order chi connectivity index (χ0) is 13.7. The third kappa shape index (κ3) is 1.96. The molecule has 0 saturated heterocycles. The van der Waals surface area contributed by atoms with Gasteiger partial charge in [0.1, 0.15) is 0 Å². The molecule has 0 bridgehead atoms. The lowest BCUT2D eigenvalue weighted by atomic mass is 9.92. The van der Waals surface area contributed by atoms with Crippen LogP contribution < -0.4 is 0 Å². The summed E-state index contributed by atoms with van der Waals surface area (Å²) in [6, 6.07) is 8.08. The monoisotopic (exact) mass is 271 g/mol.